The molecule has 102 valence electrons. The van der Waals surface area contributed by atoms with Crippen molar-refractivity contribution in [3.63, 3.8) is 0 Å². The van der Waals surface area contributed by atoms with Gasteiger partial charge in [0.25, 0.3) is 0 Å². The third-order valence-electron chi connectivity index (χ3n) is 4.08. The van der Waals surface area contributed by atoms with E-state index in [-0.39, 0.29) is 11.4 Å². The number of hydrogen-bond donors (Lipinski definition) is 1. The van der Waals surface area contributed by atoms with Gasteiger partial charge in [-0.3, -0.25) is 0 Å². The largest absolute Gasteiger partial charge is 0.315 e. The fourth-order valence-electron chi connectivity index (χ4n) is 2.12. The Morgan fingerprint density at radius 2 is 1.94 bits per heavy atom. The highest BCUT2D eigenvalue weighted by atomic mass is 19.1. The van der Waals surface area contributed by atoms with Crippen molar-refractivity contribution in [2.45, 2.75) is 38.8 Å². The van der Waals surface area contributed by atoms with Crippen LogP contribution in [0.1, 0.15) is 25.0 Å². The molecule has 0 heterocycles. The summed E-state index contributed by atoms with van der Waals surface area (Å²) in [6.07, 6.45) is 0.897. The Labute approximate surface area is 110 Å². The highest BCUT2D eigenvalue weighted by molar-refractivity contribution is 5.28. The lowest BCUT2D eigenvalue weighted by molar-refractivity contribution is 0.141. The summed E-state index contributed by atoms with van der Waals surface area (Å²) in [4.78, 5) is 2.22. The van der Waals surface area contributed by atoms with Gasteiger partial charge < -0.3 is 10.2 Å². The molecule has 0 spiro atoms. The number of nitrogens with one attached hydrogen (secondary N) is 1. The van der Waals surface area contributed by atoms with Crippen molar-refractivity contribution in [3.8, 4) is 0 Å². The van der Waals surface area contributed by atoms with Crippen molar-refractivity contribution in [2.75, 3.05) is 21.1 Å². The van der Waals surface area contributed by atoms with Gasteiger partial charge in [-0.1, -0.05) is 6.07 Å². The average molecular weight is 252 g/mol. The standard InChI is InChI=1S/C15H25FN2/c1-11-9-13(16)8-7-12(11)10-14(17-4)15(2,3)18(5)6/h7-9,14,17H,10H2,1-6H3. The van der Waals surface area contributed by atoms with Crippen molar-refractivity contribution in [1.29, 1.82) is 0 Å². The predicted molar refractivity (Wildman–Crippen MR) is 75.5 cm³/mol. The number of likely N-dealkylation sites (N-methyl/N-ethyl adjacent to an activating group) is 2. The zero-order valence-electron chi connectivity index (χ0n) is 12.3. The molecule has 1 aromatic carbocycles. The van der Waals surface area contributed by atoms with Crippen LogP contribution in [-0.2, 0) is 6.42 Å². The van der Waals surface area contributed by atoms with E-state index in [4.69, 9.17) is 0 Å². The fourth-order valence-corrected chi connectivity index (χ4v) is 2.12. The molecule has 1 aromatic rings. The zero-order chi connectivity index (χ0) is 13.9. The minimum atomic E-state index is -0.163. The van der Waals surface area contributed by atoms with E-state index < -0.39 is 0 Å². The van der Waals surface area contributed by atoms with Crippen LogP contribution in [0.5, 0.6) is 0 Å². The van der Waals surface area contributed by atoms with Gasteiger partial charge in [0, 0.05) is 11.6 Å². The number of nitrogens with zero attached hydrogens (tertiary/aromatic N) is 1. The molecule has 0 radical (unpaired) electrons. The van der Waals surface area contributed by atoms with Crippen molar-refractivity contribution in [2.24, 2.45) is 0 Å². The molecule has 0 aliphatic heterocycles. The molecule has 0 bridgehead atoms. The van der Waals surface area contributed by atoms with Crippen LogP contribution in [0.15, 0.2) is 18.2 Å². The van der Waals surface area contributed by atoms with Gasteiger partial charge in [-0.25, -0.2) is 4.39 Å². The summed E-state index contributed by atoms with van der Waals surface area (Å²) in [6.45, 7) is 6.40. The molecule has 0 fully saturated rings. The third-order valence-corrected chi connectivity index (χ3v) is 4.08. The van der Waals surface area contributed by atoms with Crippen molar-refractivity contribution in [3.05, 3.63) is 35.1 Å². The third kappa shape index (κ3) is 3.30. The first kappa shape index (κ1) is 15.1. The van der Waals surface area contributed by atoms with Gasteiger partial charge in [-0.2, -0.15) is 0 Å². The molecule has 0 aliphatic rings. The number of benzene rings is 1. The first-order chi connectivity index (χ1) is 8.28. The van der Waals surface area contributed by atoms with Gasteiger partial charge >= 0.3 is 0 Å². The Kier molecular flexibility index (Phi) is 4.88. The van der Waals surface area contributed by atoms with Crippen molar-refractivity contribution >= 4 is 0 Å². The van der Waals surface area contributed by atoms with Crippen molar-refractivity contribution < 1.29 is 4.39 Å². The highest BCUT2D eigenvalue weighted by Crippen LogP contribution is 2.21. The lowest BCUT2D eigenvalue weighted by Gasteiger charge is -2.40. The molecule has 0 saturated heterocycles. The molecule has 3 heteroatoms. The monoisotopic (exact) mass is 252 g/mol. The van der Waals surface area contributed by atoms with Crippen LogP contribution < -0.4 is 5.32 Å². The Morgan fingerprint density at radius 1 is 1.33 bits per heavy atom. The molecule has 0 amide bonds. The van der Waals surface area contributed by atoms with Crippen LogP contribution in [-0.4, -0.2) is 37.6 Å². The minimum Gasteiger partial charge on any atom is -0.315 e. The van der Waals surface area contributed by atoms with Gasteiger partial charge in [0.05, 0.1) is 0 Å². The maximum Gasteiger partial charge on any atom is 0.123 e. The van der Waals surface area contributed by atoms with E-state index in [9.17, 15) is 4.39 Å². The molecule has 0 saturated carbocycles. The van der Waals surface area contributed by atoms with Gasteiger partial charge in [0.15, 0.2) is 0 Å². The smallest absolute Gasteiger partial charge is 0.123 e. The summed E-state index contributed by atoms with van der Waals surface area (Å²) < 4.78 is 13.1. The second kappa shape index (κ2) is 5.81. The van der Waals surface area contributed by atoms with Crippen LogP contribution in [0.2, 0.25) is 0 Å². The molecule has 0 aliphatic carbocycles. The minimum absolute atomic E-state index is 0.0373. The lowest BCUT2D eigenvalue weighted by Crippen LogP contribution is -2.55. The first-order valence-electron chi connectivity index (χ1n) is 6.38. The number of halogens is 1. The molecule has 1 unspecified atom stereocenters. The number of hydrogen-bond acceptors (Lipinski definition) is 2. The Bertz CT molecular complexity index is 399. The van der Waals surface area contributed by atoms with E-state index in [1.807, 2.05) is 20.0 Å². The Balaban J connectivity index is 2.93. The van der Waals surface area contributed by atoms with E-state index >= 15 is 0 Å². The van der Waals surface area contributed by atoms with Crippen LogP contribution in [0, 0.1) is 12.7 Å². The quantitative estimate of drug-likeness (QED) is 0.866. The molecule has 18 heavy (non-hydrogen) atoms. The number of rotatable bonds is 5. The van der Waals surface area contributed by atoms with Gasteiger partial charge in [0.2, 0.25) is 0 Å². The zero-order valence-corrected chi connectivity index (χ0v) is 12.3. The predicted octanol–water partition coefficient (Wildman–Crippen LogP) is 2.60. The second-order valence-corrected chi connectivity index (χ2v) is 5.66. The second-order valence-electron chi connectivity index (χ2n) is 5.66. The van der Waals surface area contributed by atoms with Gasteiger partial charge in [0.1, 0.15) is 5.82 Å². The SMILES string of the molecule is CNC(Cc1ccc(F)cc1C)C(C)(C)N(C)C. The van der Waals surface area contributed by atoms with Gasteiger partial charge in [-0.15, -0.1) is 0 Å². The van der Waals surface area contributed by atoms with E-state index in [1.54, 1.807) is 6.07 Å². The molecule has 1 N–H and O–H groups in total. The molecule has 1 atom stereocenters. The van der Waals surface area contributed by atoms with E-state index in [1.165, 1.54) is 11.6 Å². The van der Waals surface area contributed by atoms with E-state index in [2.05, 4.69) is 38.2 Å². The molecule has 0 aromatic heterocycles. The van der Waals surface area contributed by atoms with Crippen molar-refractivity contribution in [1.82, 2.24) is 10.2 Å². The molecular formula is C15H25FN2. The molecule has 1 rings (SSSR count). The number of aryl methyl sites for hydroxylation is 1. The van der Waals surface area contributed by atoms with E-state index in [0.717, 1.165) is 12.0 Å². The Hall–Kier alpha value is -0.930. The summed E-state index contributed by atoms with van der Waals surface area (Å²) in [5, 5.41) is 3.38. The summed E-state index contributed by atoms with van der Waals surface area (Å²) in [7, 11) is 6.15. The first-order valence-corrected chi connectivity index (χ1v) is 6.38. The maximum absolute atomic E-state index is 13.1. The maximum atomic E-state index is 13.1. The normalized spacial score (nSPS) is 14.0. The van der Waals surface area contributed by atoms with Crippen LogP contribution in [0.3, 0.4) is 0 Å². The van der Waals surface area contributed by atoms with Crippen LogP contribution in [0.25, 0.3) is 0 Å². The topological polar surface area (TPSA) is 15.3 Å². The summed E-state index contributed by atoms with van der Waals surface area (Å²) in [6, 6.07) is 5.35. The summed E-state index contributed by atoms with van der Waals surface area (Å²) >= 11 is 0. The lowest BCUT2D eigenvalue weighted by atomic mass is 9.87. The molecular weight excluding hydrogens is 227 g/mol. The van der Waals surface area contributed by atoms with Crippen LogP contribution >= 0.6 is 0 Å². The fraction of sp³-hybridized carbons (Fsp3) is 0.600. The highest BCUT2D eigenvalue weighted by Gasteiger charge is 2.30. The molecule has 2 nitrogen and oxygen atoms in total. The average Bonchev–Trinajstić information content (AvgIpc) is 2.27. The summed E-state index contributed by atoms with van der Waals surface area (Å²) in [5.74, 6) is -0.163. The van der Waals surface area contributed by atoms with Crippen LogP contribution in [0.4, 0.5) is 4.39 Å². The summed E-state index contributed by atoms with van der Waals surface area (Å²) in [5.41, 5.74) is 2.26. The van der Waals surface area contributed by atoms with Gasteiger partial charge in [-0.05, 0) is 71.6 Å². The van der Waals surface area contributed by atoms with E-state index in [0.29, 0.717) is 6.04 Å². The Morgan fingerprint density at radius 3 is 2.39 bits per heavy atom.